The van der Waals surface area contributed by atoms with Crippen molar-refractivity contribution in [2.75, 3.05) is 11.1 Å². The molecule has 0 spiro atoms. The molecule has 0 radical (unpaired) electrons. The van der Waals surface area contributed by atoms with E-state index in [9.17, 15) is 4.79 Å². The molecule has 0 aliphatic heterocycles. The summed E-state index contributed by atoms with van der Waals surface area (Å²) in [6.07, 6.45) is 3.98. The lowest BCUT2D eigenvalue weighted by Crippen LogP contribution is -2.18. The number of para-hydroxylation sites is 1. The minimum atomic E-state index is -0.0913. The Morgan fingerprint density at radius 3 is 2.74 bits per heavy atom. The van der Waals surface area contributed by atoms with Gasteiger partial charge in [-0.25, -0.2) is 14.3 Å². The Hall–Kier alpha value is -2.61. The first-order valence-corrected chi connectivity index (χ1v) is 10.1. The highest BCUT2D eigenvalue weighted by Crippen LogP contribution is 2.40. The second kappa shape index (κ2) is 7.56. The Kier molecular flexibility index (Phi) is 4.98. The molecule has 7 nitrogen and oxygen atoms in total. The highest BCUT2D eigenvalue weighted by Gasteiger charge is 2.30. The van der Waals surface area contributed by atoms with Crippen LogP contribution in [0, 0.1) is 0 Å². The van der Waals surface area contributed by atoms with Gasteiger partial charge in [0.25, 0.3) is 0 Å². The van der Waals surface area contributed by atoms with E-state index >= 15 is 0 Å². The summed E-state index contributed by atoms with van der Waals surface area (Å²) in [4.78, 5) is 17.0. The van der Waals surface area contributed by atoms with Crippen molar-refractivity contribution in [2.45, 2.75) is 43.8 Å². The number of benzene rings is 1. The molecule has 8 heteroatoms. The number of amides is 1. The SMILES string of the molecule is CC(C)n1nccc1NC(=O)CSc1nc(C2CC2)n(-c2ccccc2)n1. The lowest BCUT2D eigenvalue weighted by Gasteiger charge is -2.11. The van der Waals surface area contributed by atoms with Crippen LogP contribution < -0.4 is 5.32 Å². The molecule has 3 aromatic rings. The van der Waals surface area contributed by atoms with Gasteiger partial charge in [-0.05, 0) is 38.8 Å². The second-order valence-electron chi connectivity index (χ2n) is 6.87. The van der Waals surface area contributed by atoms with Crippen LogP contribution in [0.2, 0.25) is 0 Å². The first kappa shape index (κ1) is 17.8. The predicted octanol–water partition coefficient (Wildman–Crippen LogP) is 3.65. The normalized spacial score (nSPS) is 13.9. The van der Waals surface area contributed by atoms with Crippen LogP contribution in [0.5, 0.6) is 0 Å². The van der Waals surface area contributed by atoms with Gasteiger partial charge in [0, 0.05) is 18.0 Å². The Labute approximate surface area is 162 Å². The Morgan fingerprint density at radius 1 is 1.26 bits per heavy atom. The van der Waals surface area contributed by atoms with Gasteiger partial charge in [-0.2, -0.15) is 5.10 Å². The van der Waals surface area contributed by atoms with Crippen molar-refractivity contribution >= 4 is 23.5 Å². The average molecular weight is 382 g/mol. The van der Waals surface area contributed by atoms with Crippen molar-refractivity contribution in [1.82, 2.24) is 24.5 Å². The number of carbonyl (C=O) groups excluding carboxylic acids is 1. The number of hydrogen-bond donors (Lipinski definition) is 1. The van der Waals surface area contributed by atoms with E-state index in [0.29, 0.717) is 16.9 Å². The van der Waals surface area contributed by atoms with Crippen LogP contribution in [0.15, 0.2) is 47.8 Å². The van der Waals surface area contributed by atoms with E-state index in [1.165, 1.54) is 11.8 Å². The van der Waals surface area contributed by atoms with Crippen LogP contribution >= 0.6 is 11.8 Å². The molecule has 1 aliphatic rings. The summed E-state index contributed by atoms with van der Waals surface area (Å²) in [5.41, 5.74) is 1.00. The predicted molar refractivity (Wildman–Crippen MR) is 105 cm³/mol. The van der Waals surface area contributed by atoms with Crippen molar-refractivity contribution in [3.05, 3.63) is 48.4 Å². The standard InChI is InChI=1S/C19H22N6OS/c1-13(2)24-16(10-11-20-24)21-17(26)12-27-19-22-18(14-8-9-14)25(23-19)15-6-4-3-5-7-15/h3-7,10-11,13-14H,8-9,12H2,1-2H3,(H,21,26). The molecule has 1 aliphatic carbocycles. The smallest absolute Gasteiger partial charge is 0.235 e. The molecular formula is C19H22N6OS. The van der Waals surface area contributed by atoms with Gasteiger partial charge in [-0.15, -0.1) is 5.10 Å². The van der Waals surface area contributed by atoms with Crippen molar-refractivity contribution in [3.8, 4) is 5.69 Å². The van der Waals surface area contributed by atoms with E-state index in [-0.39, 0.29) is 17.7 Å². The quantitative estimate of drug-likeness (QED) is 0.631. The third-order valence-corrected chi connectivity index (χ3v) is 5.15. The Balaban J connectivity index is 1.44. The maximum absolute atomic E-state index is 12.3. The molecule has 140 valence electrons. The second-order valence-corrected chi connectivity index (χ2v) is 7.81. The summed E-state index contributed by atoms with van der Waals surface area (Å²) in [7, 11) is 0. The van der Waals surface area contributed by atoms with Gasteiger partial charge in [-0.1, -0.05) is 30.0 Å². The largest absolute Gasteiger partial charge is 0.310 e. The fourth-order valence-corrected chi connectivity index (χ4v) is 3.49. The van der Waals surface area contributed by atoms with Crippen LogP contribution in [0.3, 0.4) is 0 Å². The van der Waals surface area contributed by atoms with Gasteiger partial charge in [0.1, 0.15) is 11.6 Å². The highest BCUT2D eigenvalue weighted by molar-refractivity contribution is 7.99. The maximum atomic E-state index is 12.3. The van der Waals surface area contributed by atoms with Crippen molar-refractivity contribution in [2.24, 2.45) is 0 Å². The fourth-order valence-electron chi connectivity index (χ4n) is 2.86. The van der Waals surface area contributed by atoms with E-state index in [1.807, 2.05) is 48.9 Å². The van der Waals surface area contributed by atoms with E-state index in [2.05, 4.69) is 20.5 Å². The van der Waals surface area contributed by atoms with E-state index < -0.39 is 0 Å². The number of hydrogen-bond acceptors (Lipinski definition) is 5. The number of rotatable bonds is 7. The highest BCUT2D eigenvalue weighted by atomic mass is 32.2. The van der Waals surface area contributed by atoms with Gasteiger partial charge in [0.2, 0.25) is 11.1 Å². The number of nitrogens with one attached hydrogen (secondary N) is 1. The van der Waals surface area contributed by atoms with Crippen molar-refractivity contribution in [3.63, 3.8) is 0 Å². The van der Waals surface area contributed by atoms with Crippen LogP contribution in [0.4, 0.5) is 5.82 Å². The molecule has 1 N–H and O–H groups in total. The topological polar surface area (TPSA) is 77.6 Å². The zero-order valence-electron chi connectivity index (χ0n) is 15.4. The zero-order valence-corrected chi connectivity index (χ0v) is 16.2. The van der Waals surface area contributed by atoms with Gasteiger partial charge in [0.05, 0.1) is 17.6 Å². The molecule has 1 saturated carbocycles. The summed E-state index contributed by atoms with van der Waals surface area (Å²) in [5.74, 6) is 2.33. The summed E-state index contributed by atoms with van der Waals surface area (Å²) >= 11 is 1.35. The lowest BCUT2D eigenvalue weighted by molar-refractivity contribution is -0.113. The third-order valence-electron chi connectivity index (χ3n) is 4.32. The molecule has 0 bridgehead atoms. The molecule has 1 amide bonds. The molecule has 1 fully saturated rings. The zero-order chi connectivity index (χ0) is 18.8. The Morgan fingerprint density at radius 2 is 2.04 bits per heavy atom. The fraction of sp³-hybridized carbons (Fsp3) is 0.368. The maximum Gasteiger partial charge on any atom is 0.235 e. The molecule has 4 rings (SSSR count). The van der Waals surface area contributed by atoms with Crippen molar-refractivity contribution in [1.29, 1.82) is 0 Å². The van der Waals surface area contributed by atoms with E-state index in [0.717, 1.165) is 24.4 Å². The minimum Gasteiger partial charge on any atom is -0.310 e. The number of carbonyl (C=O) groups is 1. The van der Waals surface area contributed by atoms with Crippen LogP contribution in [0.25, 0.3) is 5.69 Å². The Bertz CT molecular complexity index is 929. The molecular weight excluding hydrogens is 360 g/mol. The van der Waals surface area contributed by atoms with Crippen molar-refractivity contribution < 1.29 is 4.79 Å². The number of thioether (sulfide) groups is 1. The number of nitrogens with zero attached hydrogens (tertiary/aromatic N) is 5. The molecule has 2 aromatic heterocycles. The van der Waals surface area contributed by atoms with E-state index in [1.54, 1.807) is 16.9 Å². The molecule has 1 aromatic carbocycles. The summed E-state index contributed by atoms with van der Waals surface area (Å²) in [6.45, 7) is 4.05. The van der Waals surface area contributed by atoms with Gasteiger partial charge in [0.15, 0.2) is 0 Å². The minimum absolute atomic E-state index is 0.0913. The van der Waals surface area contributed by atoms with Crippen LogP contribution in [0.1, 0.15) is 44.5 Å². The van der Waals surface area contributed by atoms with E-state index in [4.69, 9.17) is 0 Å². The number of aromatic nitrogens is 5. The summed E-state index contributed by atoms with van der Waals surface area (Å²) < 4.78 is 3.70. The van der Waals surface area contributed by atoms with Gasteiger partial charge >= 0.3 is 0 Å². The molecule has 2 heterocycles. The monoisotopic (exact) mass is 382 g/mol. The molecule has 27 heavy (non-hydrogen) atoms. The summed E-state index contributed by atoms with van der Waals surface area (Å²) in [6, 6.07) is 12.0. The molecule has 0 atom stereocenters. The van der Waals surface area contributed by atoms with Crippen LogP contribution in [-0.4, -0.2) is 36.2 Å². The molecule has 0 saturated heterocycles. The first-order valence-electron chi connectivity index (χ1n) is 9.10. The average Bonchev–Trinajstić information content (AvgIpc) is 3.25. The molecule has 0 unspecified atom stereocenters. The van der Waals surface area contributed by atoms with Gasteiger partial charge in [-0.3, -0.25) is 4.79 Å². The van der Waals surface area contributed by atoms with Crippen LogP contribution in [-0.2, 0) is 4.79 Å². The van der Waals surface area contributed by atoms with Gasteiger partial charge < -0.3 is 5.32 Å². The lowest BCUT2D eigenvalue weighted by atomic mass is 10.3. The number of anilines is 1. The third kappa shape index (κ3) is 4.05. The first-order chi connectivity index (χ1) is 13.1. The summed E-state index contributed by atoms with van der Waals surface area (Å²) in [5, 5.41) is 12.4.